The second-order valence-corrected chi connectivity index (χ2v) is 0.569. The Hall–Kier alpha value is 0.0234. The second-order valence-electron chi connectivity index (χ2n) is 0.569. The first-order chi connectivity index (χ1) is 2.27. The Labute approximate surface area is 47.3 Å². The van der Waals surface area contributed by atoms with Gasteiger partial charge in [0.25, 0.3) is 0 Å². The average molecular weight is 143 g/mol. The van der Waals surface area contributed by atoms with Gasteiger partial charge < -0.3 is 0 Å². The molecule has 0 N–H and O–H groups in total. The molecule has 6 heavy (non-hydrogen) atoms. The molecular weight excluding hydrogens is 140 g/mol. The predicted octanol–water partition coefficient (Wildman–Crippen LogP) is 0.431. The quantitative estimate of drug-likeness (QED) is 0.460. The van der Waals surface area contributed by atoms with Gasteiger partial charge in [0.2, 0.25) is 0 Å². The van der Waals surface area contributed by atoms with E-state index in [0.29, 0.717) is 0 Å². The van der Waals surface area contributed by atoms with E-state index in [1.807, 2.05) is 0 Å². The van der Waals surface area contributed by atoms with Crippen molar-refractivity contribution >= 4 is 5.97 Å². The molecule has 0 rings (SSSR count). The van der Waals surface area contributed by atoms with Crippen LogP contribution in [0.25, 0.3) is 0 Å². The molecule has 0 radical (unpaired) electrons. The van der Waals surface area contributed by atoms with E-state index in [1.165, 1.54) is 0 Å². The normalized spacial score (nSPS) is 5.67. The Bertz CT molecular complexity index is 46.8. The Kier molecular flexibility index (Phi) is 7.86. The van der Waals surface area contributed by atoms with Gasteiger partial charge in [-0.3, -0.25) is 4.94 Å². The van der Waals surface area contributed by atoms with Gasteiger partial charge in [0, 0.05) is 30.9 Å². The number of carbonyl (C=O) groups is 1. The zero-order valence-electron chi connectivity index (χ0n) is 3.40. The Morgan fingerprint density at radius 3 is 2.00 bits per heavy atom. The molecular formula is C2H3FO2Zn. The number of rotatable bonds is 0. The molecule has 0 saturated carbocycles. The summed E-state index contributed by atoms with van der Waals surface area (Å²) in [5.41, 5.74) is 0. The van der Waals surface area contributed by atoms with Crippen LogP contribution < -0.4 is 0 Å². The summed E-state index contributed by atoms with van der Waals surface area (Å²) < 4.78 is 10.3. The zero-order chi connectivity index (χ0) is 4.28. The largest absolute Gasteiger partial charge is 0.345 e. The minimum atomic E-state index is -0.912. The molecule has 4 heteroatoms. The summed E-state index contributed by atoms with van der Waals surface area (Å²) in [6.45, 7) is 0.986. The van der Waals surface area contributed by atoms with Crippen molar-refractivity contribution < 1.29 is 33.7 Å². The number of halogens is 1. The van der Waals surface area contributed by atoms with Crippen LogP contribution in [0.5, 0.6) is 0 Å². The van der Waals surface area contributed by atoms with Gasteiger partial charge in [-0.1, -0.05) is 0 Å². The summed E-state index contributed by atoms with van der Waals surface area (Å²) in [5.74, 6) is -0.912. The third-order valence-corrected chi connectivity index (χ3v) is 0.109. The second kappa shape index (κ2) is 5.02. The first-order valence-corrected chi connectivity index (χ1v) is 1.06. The molecule has 0 aromatic rings. The Balaban J connectivity index is 0. The van der Waals surface area contributed by atoms with Crippen LogP contribution in [0.2, 0.25) is 0 Å². The van der Waals surface area contributed by atoms with Gasteiger partial charge in [0.1, 0.15) is 0 Å². The van der Waals surface area contributed by atoms with Crippen LogP contribution in [0, 0.1) is 0 Å². The van der Waals surface area contributed by atoms with Crippen molar-refractivity contribution in [3.63, 3.8) is 0 Å². The van der Waals surface area contributed by atoms with E-state index in [9.17, 15) is 9.32 Å². The molecule has 0 aromatic heterocycles. The van der Waals surface area contributed by atoms with Gasteiger partial charge in [-0.15, -0.1) is 0 Å². The van der Waals surface area contributed by atoms with Gasteiger partial charge in [-0.05, 0) is 0 Å². The van der Waals surface area contributed by atoms with Crippen LogP contribution in [0.15, 0.2) is 0 Å². The van der Waals surface area contributed by atoms with Crippen LogP contribution >= 0.6 is 0 Å². The van der Waals surface area contributed by atoms with Gasteiger partial charge >= 0.3 is 5.97 Å². The van der Waals surface area contributed by atoms with Crippen LogP contribution in [-0.4, -0.2) is 5.97 Å². The van der Waals surface area contributed by atoms with Crippen molar-refractivity contribution in [1.29, 1.82) is 0 Å². The average Bonchev–Trinajstić information content (AvgIpc) is 1.38. The van der Waals surface area contributed by atoms with Gasteiger partial charge in [-0.25, -0.2) is 4.79 Å². The molecule has 0 heterocycles. The van der Waals surface area contributed by atoms with Crippen molar-refractivity contribution in [2.24, 2.45) is 0 Å². The van der Waals surface area contributed by atoms with E-state index in [4.69, 9.17) is 0 Å². The fraction of sp³-hybridized carbons (Fsp3) is 0.500. The summed E-state index contributed by atoms with van der Waals surface area (Å²) in [7, 11) is 0. The molecule has 2 nitrogen and oxygen atoms in total. The SMILES string of the molecule is CC(=O)OF.[Zn]. The Morgan fingerprint density at radius 2 is 2.00 bits per heavy atom. The monoisotopic (exact) mass is 142 g/mol. The predicted molar refractivity (Wildman–Crippen MR) is 12.9 cm³/mol. The molecule has 0 aliphatic carbocycles. The topological polar surface area (TPSA) is 26.3 Å². The van der Waals surface area contributed by atoms with Gasteiger partial charge in [-0.2, -0.15) is 0 Å². The molecule has 0 amide bonds. The zero-order valence-corrected chi connectivity index (χ0v) is 6.37. The van der Waals surface area contributed by atoms with E-state index in [2.05, 4.69) is 4.94 Å². The molecule has 0 atom stereocenters. The molecule has 0 saturated heterocycles. The molecule has 0 spiro atoms. The van der Waals surface area contributed by atoms with Gasteiger partial charge in [0.05, 0.1) is 0 Å². The van der Waals surface area contributed by atoms with Crippen molar-refractivity contribution in [2.45, 2.75) is 6.92 Å². The molecule has 0 aromatic carbocycles. The third-order valence-electron chi connectivity index (χ3n) is 0.109. The Morgan fingerprint density at radius 1 is 1.83 bits per heavy atom. The summed E-state index contributed by atoms with van der Waals surface area (Å²) in [6.07, 6.45) is 0. The number of hydrogen-bond donors (Lipinski definition) is 0. The third kappa shape index (κ3) is 8.98. The minimum Gasteiger partial charge on any atom is -0.255 e. The van der Waals surface area contributed by atoms with Crippen LogP contribution in [-0.2, 0) is 29.2 Å². The molecule has 0 aliphatic heterocycles. The van der Waals surface area contributed by atoms with Crippen LogP contribution in [0.4, 0.5) is 4.53 Å². The van der Waals surface area contributed by atoms with E-state index < -0.39 is 5.97 Å². The van der Waals surface area contributed by atoms with E-state index >= 15 is 0 Å². The maximum absolute atomic E-state index is 10.3. The smallest absolute Gasteiger partial charge is 0.255 e. The van der Waals surface area contributed by atoms with E-state index in [-0.39, 0.29) is 19.5 Å². The maximum atomic E-state index is 10.3. The van der Waals surface area contributed by atoms with Crippen molar-refractivity contribution in [2.75, 3.05) is 0 Å². The standard InChI is InChI=1S/C2H3FO2.Zn/c1-2(4)5-3;/h1H3;. The first kappa shape index (κ1) is 9.39. The van der Waals surface area contributed by atoms with Gasteiger partial charge in [0.15, 0.2) is 0 Å². The molecule has 0 aliphatic rings. The molecule has 0 fully saturated rings. The van der Waals surface area contributed by atoms with E-state index in [0.717, 1.165) is 6.92 Å². The fourth-order valence-electron chi connectivity index (χ4n) is 0. The van der Waals surface area contributed by atoms with Crippen LogP contribution in [0.1, 0.15) is 6.92 Å². The first-order valence-electron chi connectivity index (χ1n) is 1.06. The number of hydrogen-bond acceptors (Lipinski definition) is 2. The van der Waals surface area contributed by atoms with Crippen molar-refractivity contribution in [3.05, 3.63) is 0 Å². The summed E-state index contributed by atoms with van der Waals surface area (Å²) in [5, 5.41) is 0. The number of carbonyl (C=O) groups excluding carboxylic acids is 1. The summed E-state index contributed by atoms with van der Waals surface area (Å²) in [4.78, 5) is 11.8. The maximum Gasteiger partial charge on any atom is 0.345 e. The minimum absolute atomic E-state index is 0. The van der Waals surface area contributed by atoms with Crippen molar-refractivity contribution in [1.82, 2.24) is 0 Å². The molecule has 32 valence electrons. The van der Waals surface area contributed by atoms with Crippen molar-refractivity contribution in [3.8, 4) is 0 Å². The molecule has 0 bridgehead atoms. The molecule has 0 unspecified atom stereocenters. The van der Waals surface area contributed by atoms with Crippen LogP contribution in [0.3, 0.4) is 0 Å². The summed E-state index contributed by atoms with van der Waals surface area (Å²) >= 11 is 0. The fourth-order valence-corrected chi connectivity index (χ4v) is 0. The van der Waals surface area contributed by atoms with E-state index in [1.54, 1.807) is 0 Å². The summed E-state index contributed by atoms with van der Waals surface area (Å²) in [6, 6.07) is 0.